The third-order valence-electron chi connectivity index (χ3n) is 1.88. The van der Waals surface area contributed by atoms with Crippen molar-refractivity contribution >= 4 is 0 Å². The molecule has 1 aromatic heterocycles. The molecule has 0 saturated carbocycles. The van der Waals surface area contributed by atoms with Crippen LogP contribution in [0, 0.1) is 0 Å². The second-order valence-electron chi connectivity index (χ2n) is 4.89. The Kier molecular flexibility index (Phi) is 2.24. The van der Waals surface area contributed by atoms with Crippen LogP contribution in [0.25, 0.3) is 0 Å². The first kappa shape index (κ1) is 10.3. The van der Waals surface area contributed by atoms with Gasteiger partial charge in [-0.1, -0.05) is 25.9 Å². The predicted molar refractivity (Wildman–Crippen MR) is 50.4 cm³/mol. The first-order valence-electron chi connectivity index (χ1n) is 4.41. The molecule has 13 heavy (non-hydrogen) atoms. The molecule has 1 heterocycles. The van der Waals surface area contributed by atoms with Gasteiger partial charge in [-0.25, -0.2) is 0 Å². The van der Waals surface area contributed by atoms with E-state index < -0.39 is 5.60 Å². The molecule has 1 N–H and O–H groups in total. The minimum absolute atomic E-state index is 0.0590. The van der Waals surface area contributed by atoms with Gasteiger partial charge < -0.3 is 9.63 Å². The van der Waals surface area contributed by atoms with Crippen molar-refractivity contribution in [3.05, 3.63) is 17.5 Å². The predicted octanol–water partition coefficient (Wildman–Crippen LogP) is 2.20. The highest BCUT2D eigenvalue weighted by atomic mass is 16.5. The fraction of sp³-hybridized carbons (Fsp3) is 0.700. The molecule has 1 aromatic rings. The van der Waals surface area contributed by atoms with Crippen LogP contribution in [0.3, 0.4) is 0 Å². The highest BCUT2D eigenvalue weighted by Gasteiger charge is 2.25. The topological polar surface area (TPSA) is 46.3 Å². The van der Waals surface area contributed by atoms with Gasteiger partial charge in [-0.15, -0.1) is 0 Å². The lowest BCUT2D eigenvalue weighted by Crippen LogP contribution is -2.16. The van der Waals surface area contributed by atoms with Crippen molar-refractivity contribution in [2.24, 2.45) is 0 Å². The molecule has 0 aliphatic carbocycles. The van der Waals surface area contributed by atoms with E-state index >= 15 is 0 Å². The maximum atomic E-state index is 9.65. The molecule has 0 radical (unpaired) electrons. The third-order valence-corrected chi connectivity index (χ3v) is 1.88. The van der Waals surface area contributed by atoms with Gasteiger partial charge in [0.2, 0.25) is 0 Å². The van der Waals surface area contributed by atoms with Gasteiger partial charge in [0.05, 0.1) is 0 Å². The normalized spacial score (nSPS) is 13.4. The Morgan fingerprint density at radius 1 is 1.23 bits per heavy atom. The van der Waals surface area contributed by atoms with Crippen LogP contribution in [-0.4, -0.2) is 10.3 Å². The first-order valence-corrected chi connectivity index (χ1v) is 4.41. The number of aromatic nitrogens is 1. The highest BCUT2D eigenvalue weighted by molar-refractivity contribution is 5.16. The molecule has 0 fully saturated rings. The van der Waals surface area contributed by atoms with Crippen molar-refractivity contribution in [2.45, 2.75) is 45.6 Å². The van der Waals surface area contributed by atoms with E-state index in [0.717, 1.165) is 5.76 Å². The van der Waals surface area contributed by atoms with E-state index in [1.807, 2.05) is 20.8 Å². The SMILES string of the molecule is CC(C)(C)c1cc(C(C)(C)O)no1. The van der Waals surface area contributed by atoms with Crippen LogP contribution < -0.4 is 0 Å². The lowest BCUT2D eigenvalue weighted by Gasteiger charge is -2.13. The zero-order chi connectivity index (χ0) is 10.3. The molecule has 3 heteroatoms. The van der Waals surface area contributed by atoms with Crippen LogP contribution >= 0.6 is 0 Å². The van der Waals surface area contributed by atoms with Gasteiger partial charge in [-0.2, -0.15) is 0 Å². The van der Waals surface area contributed by atoms with Crippen molar-refractivity contribution in [1.29, 1.82) is 0 Å². The molecule has 0 amide bonds. The zero-order valence-corrected chi connectivity index (χ0v) is 8.88. The van der Waals surface area contributed by atoms with Crippen LogP contribution in [0.5, 0.6) is 0 Å². The molecular formula is C10H17NO2. The van der Waals surface area contributed by atoms with Crippen molar-refractivity contribution in [3.8, 4) is 0 Å². The summed E-state index contributed by atoms with van der Waals surface area (Å²) in [7, 11) is 0. The van der Waals surface area contributed by atoms with Crippen LogP contribution in [0.4, 0.5) is 0 Å². The van der Waals surface area contributed by atoms with Gasteiger partial charge in [-0.3, -0.25) is 0 Å². The van der Waals surface area contributed by atoms with E-state index in [4.69, 9.17) is 4.52 Å². The van der Waals surface area contributed by atoms with E-state index in [-0.39, 0.29) is 5.41 Å². The summed E-state index contributed by atoms with van der Waals surface area (Å²) in [4.78, 5) is 0. The fourth-order valence-corrected chi connectivity index (χ4v) is 0.917. The minimum Gasteiger partial charge on any atom is -0.384 e. The summed E-state index contributed by atoms with van der Waals surface area (Å²) in [6.07, 6.45) is 0. The Morgan fingerprint density at radius 3 is 2.00 bits per heavy atom. The maximum Gasteiger partial charge on any atom is 0.142 e. The molecule has 0 saturated heterocycles. The molecule has 0 aliphatic rings. The Balaban J connectivity index is 3.01. The number of nitrogens with zero attached hydrogens (tertiary/aromatic N) is 1. The summed E-state index contributed by atoms with van der Waals surface area (Å²) in [5.41, 5.74) is -0.402. The van der Waals surface area contributed by atoms with E-state index in [1.54, 1.807) is 19.9 Å². The molecule has 0 atom stereocenters. The van der Waals surface area contributed by atoms with Crippen LogP contribution in [0.15, 0.2) is 10.6 Å². The number of hydrogen-bond acceptors (Lipinski definition) is 3. The molecule has 0 bridgehead atoms. The first-order chi connectivity index (χ1) is 5.71. The van der Waals surface area contributed by atoms with Crippen molar-refractivity contribution in [2.75, 3.05) is 0 Å². The van der Waals surface area contributed by atoms with Gasteiger partial charge in [0.1, 0.15) is 17.1 Å². The number of aliphatic hydroxyl groups is 1. The second kappa shape index (κ2) is 2.84. The maximum absolute atomic E-state index is 9.65. The number of hydrogen-bond donors (Lipinski definition) is 1. The van der Waals surface area contributed by atoms with Crippen LogP contribution in [-0.2, 0) is 11.0 Å². The molecule has 1 rings (SSSR count). The van der Waals surface area contributed by atoms with Gasteiger partial charge in [0, 0.05) is 11.5 Å². The van der Waals surface area contributed by atoms with Gasteiger partial charge in [-0.05, 0) is 13.8 Å². The standard InChI is InChI=1S/C10H17NO2/c1-9(2,3)8-6-7(11-13-8)10(4,5)12/h6,12H,1-5H3. The molecular weight excluding hydrogens is 166 g/mol. The fourth-order valence-electron chi connectivity index (χ4n) is 0.917. The van der Waals surface area contributed by atoms with Gasteiger partial charge in [0.25, 0.3) is 0 Å². The summed E-state index contributed by atoms with van der Waals surface area (Å²) in [5.74, 6) is 0.796. The average Bonchev–Trinajstić information content (AvgIpc) is 2.28. The highest BCUT2D eigenvalue weighted by Crippen LogP contribution is 2.26. The summed E-state index contributed by atoms with van der Waals surface area (Å²) >= 11 is 0. The molecule has 0 aromatic carbocycles. The molecule has 74 valence electrons. The zero-order valence-electron chi connectivity index (χ0n) is 8.88. The lowest BCUT2D eigenvalue weighted by molar-refractivity contribution is 0.0699. The summed E-state index contributed by atoms with van der Waals surface area (Å²) in [6, 6.07) is 1.81. The molecule has 0 unspecified atom stereocenters. The van der Waals surface area contributed by atoms with E-state index in [9.17, 15) is 5.11 Å². The van der Waals surface area contributed by atoms with E-state index in [2.05, 4.69) is 5.16 Å². The molecule has 0 spiro atoms. The largest absolute Gasteiger partial charge is 0.384 e. The van der Waals surface area contributed by atoms with Gasteiger partial charge in [0.15, 0.2) is 0 Å². The summed E-state index contributed by atoms with van der Waals surface area (Å²) in [5, 5.41) is 13.5. The average molecular weight is 183 g/mol. The van der Waals surface area contributed by atoms with Crippen LogP contribution in [0.2, 0.25) is 0 Å². The Hall–Kier alpha value is -0.830. The Bertz CT molecular complexity index is 260. The lowest BCUT2D eigenvalue weighted by atomic mass is 9.92. The van der Waals surface area contributed by atoms with Gasteiger partial charge >= 0.3 is 0 Å². The van der Waals surface area contributed by atoms with Crippen molar-refractivity contribution in [1.82, 2.24) is 5.16 Å². The quantitative estimate of drug-likeness (QED) is 0.726. The minimum atomic E-state index is -0.924. The molecule has 0 aliphatic heterocycles. The Labute approximate surface area is 78.7 Å². The monoisotopic (exact) mass is 183 g/mol. The molecule has 3 nitrogen and oxygen atoms in total. The summed E-state index contributed by atoms with van der Waals surface area (Å²) in [6.45, 7) is 9.51. The van der Waals surface area contributed by atoms with Crippen LogP contribution in [0.1, 0.15) is 46.1 Å². The summed E-state index contributed by atoms with van der Waals surface area (Å²) < 4.78 is 5.15. The van der Waals surface area contributed by atoms with Crippen molar-refractivity contribution < 1.29 is 9.63 Å². The third kappa shape index (κ3) is 2.31. The van der Waals surface area contributed by atoms with E-state index in [0.29, 0.717) is 5.69 Å². The second-order valence-corrected chi connectivity index (χ2v) is 4.89. The number of rotatable bonds is 1. The Morgan fingerprint density at radius 2 is 1.77 bits per heavy atom. The van der Waals surface area contributed by atoms with Crippen molar-refractivity contribution in [3.63, 3.8) is 0 Å². The smallest absolute Gasteiger partial charge is 0.142 e. The van der Waals surface area contributed by atoms with E-state index in [1.165, 1.54) is 0 Å².